The molecule has 6 heteroatoms. The first kappa shape index (κ1) is 12.2. The number of rotatable bonds is 1. The number of nitrogens with two attached hydrogens (primary N) is 1. The van der Waals surface area contributed by atoms with Gasteiger partial charge in [-0.2, -0.15) is 15.0 Å². The zero-order valence-corrected chi connectivity index (χ0v) is 11.1. The van der Waals surface area contributed by atoms with Crippen LogP contribution in [0.5, 0.6) is 0 Å². The van der Waals surface area contributed by atoms with Crippen LogP contribution in [0.15, 0.2) is 24.3 Å². The number of halogens is 1. The number of benzene rings is 1. The zero-order valence-electron chi connectivity index (χ0n) is 10.4. The molecule has 0 atom stereocenters. The molecule has 2 aromatic rings. The van der Waals surface area contributed by atoms with E-state index in [4.69, 9.17) is 17.3 Å². The molecular formula is C13H14ClN5. The lowest BCUT2D eigenvalue weighted by molar-refractivity contribution is 0.752. The molecule has 0 radical (unpaired) electrons. The average molecular weight is 276 g/mol. The molecule has 0 aliphatic carbocycles. The molecule has 0 bridgehead atoms. The van der Waals surface area contributed by atoms with Crippen LogP contribution in [-0.4, -0.2) is 21.5 Å². The Hall–Kier alpha value is -1.88. The maximum absolute atomic E-state index is 5.87. The van der Waals surface area contributed by atoms with Crippen molar-refractivity contribution in [2.75, 3.05) is 17.2 Å². The fraction of sp³-hybridized carbons (Fsp3) is 0.308. The fourth-order valence-corrected chi connectivity index (χ4v) is 2.54. The highest BCUT2D eigenvalue weighted by atomic mass is 35.5. The summed E-state index contributed by atoms with van der Waals surface area (Å²) in [7, 11) is 0. The molecular weight excluding hydrogens is 262 g/mol. The van der Waals surface area contributed by atoms with E-state index < -0.39 is 0 Å². The summed E-state index contributed by atoms with van der Waals surface area (Å²) in [5.41, 5.74) is 8.08. The lowest BCUT2D eigenvalue weighted by Crippen LogP contribution is -2.21. The zero-order chi connectivity index (χ0) is 13.2. The minimum Gasteiger partial charge on any atom is -0.368 e. The van der Waals surface area contributed by atoms with Gasteiger partial charge in [-0.1, -0.05) is 18.2 Å². The minimum atomic E-state index is 0.129. The first-order valence-corrected chi connectivity index (χ1v) is 6.64. The number of hydrogen-bond donors (Lipinski definition) is 1. The first-order chi connectivity index (χ1) is 9.24. The molecule has 0 saturated heterocycles. The summed E-state index contributed by atoms with van der Waals surface area (Å²) in [6.07, 6.45) is 3.31. The van der Waals surface area contributed by atoms with Gasteiger partial charge in [-0.15, -0.1) is 0 Å². The van der Waals surface area contributed by atoms with Crippen LogP contribution in [0.25, 0.3) is 0 Å². The van der Waals surface area contributed by atoms with Gasteiger partial charge >= 0.3 is 0 Å². The quantitative estimate of drug-likeness (QED) is 0.866. The van der Waals surface area contributed by atoms with Gasteiger partial charge in [0.25, 0.3) is 0 Å². The summed E-state index contributed by atoms with van der Waals surface area (Å²) in [4.78, 5) is 14.2. The van der Waals surface area contributed by atoms with Gasteiger partial charge in [0.05, 0.1) is 0 Å². The number of para-hydroxylation sites is 1. The second kappa shape index (κ2) is 5.01. The predicted molar refractivity (Wildman–Crippen MR) is 75.6 cm³/mol. The molecule has 1 aliphatic rings. The van der Waals surface area contributed by atoms with Gasteiger partial charge in [-0.25, -0.2) is 0 Å². The molecule has 0 saturated carbocycles. The van der Waals surface area contributed by atoms with E-state index in [-0.39, 0.29) is 11.2 Å². The van der Waals surface area contributed by atoms with Crippen molar-refractivity contribution in [3.05, 3.63) is 35.1 Å². The van der Waals surface area contributed by atoms with E-state index in [9.17, 15) is 0 Å². The molecule has 0 spiro atoms. The van der Waals surface area contributed by atoms with Gasteiger partial charge in [0.2, 0.25) is 17.2 Å². The van der Waals surface area contributed by atoms with E-state index in [2.05, 4.69) is 38.1 Å². The number of aromatic nitrogens is 3. The van der Waals surface area contributed by atoms with E-state index in [0.29, 0.717) is 5.95 Å². The lowest BCUT2D eigenvalue weighted by Gasteiger charge is -2.22. The Morgan fingerprint density at radius 3 is 2.79 bits per heavy atom. The summed E-state index contributed by atoms with van der Waals surface area (Å²) < 4.78 is 0. The number of nitrogens with zero attached hydrogens (tertiary/aromatic N) is 4. The van der Waals surface area contributed by atoms with Crippen LogP contribution in [0.1, 0.15) is 18.4 Å². The van der Waals surface area contributed by atoms with Crippen LogP contribution in [0.3, 0.4) is 0 Å². The van der Waals surface area contributed by atoms with E-state index in [0.717, 1.165) is 31.5 Å². The summed E-state index contributed by atoms with van der Waals surface area (Å²) in [6.45, 7) is 0.858. The largest absolute Gasteiger partial charge is 0.368 e. The second-order valence-electron chi connectivity index (χ2n) is 4.50. The van der Waals surface area contributed by atoms with E-state index in [1.54, 1.807) is 0 Å². The first-order valence-electron chi connectivity index (χ1n) is 6.26. The highest BCUT2D eigenvalue weighted by Crippen LogP contribution is 2.30. The summed E-state index contributed by atoms with van der Waals surface area (Å²) >= 11 is 5.87. The van der Waals surface area contributed by atoms with Crippen LogP contribution in [0, 0.1) is 0 Å². The van der Waals surface area contributed by atoms with Crippen molar-refractivity contribution in [3.8, 4) is 0 Å². The number of hydrogen-bond acceptors (Lipinski definition) is 5. The van der Waals surface area contributed by atoms with Gasteiger partial charge in [0.15, 0.2) is 0 Å². The van der Waals surface area contributed by atoms with Crippen molar-refractivity contribution < 1.29 is 0 Å². The average Bonchev–Trinajstić information content (AvgIpc) is 2.59. The molecule has 3 rings (SSSR count). The third kappa shape index (κ3) is 2.46. The number of fused-ring (bicyclic) bond motifs is 1. The SMILES string of the molecule is Nc1nc(Cl)nc(N2CCCCc3ccccc32)n1. The summed E-state index contributed by atoms with van der Waals surface area (Å²) in [5.74, 6) is 0.670. The van der Waals surface area contributed by atoms with Crippen molar-refractivity contribution in [1.29, 1.82) is 0 Å². The molecule has 2 heterocycles. The van der Waals surface area contributed by atoms with Crippen molar-refractivity contribution in [3.63, 3.8) is 0 Å². The van der Waals surface area contributed by atoms with Crippen molar-refractivity contribution in [1.82, 2.24) is 15.0 Å². The van der Waals surface area contributed by atoms with Gasteiger partial charge in [0, 0.05) is 12.2 Å². The van der Waals surface area contributed by atoms with E-state index >= 15 is 0 Å². The minimum absolute atomic E-state index is 0.129. The van der Waals surface area contributed by atoms with E-state index in [1.807, 2.05) is 6.07 Å². The van der Waals surface area contributed by atoms with E-state index in [1.165, 1.54) is 5.56 Å². The maximum Gasteiger partial charge on any atom is 0.236 e. The molecule has 2 N–H and O–H groups in total. The van der Waals surface area contributed by atoms with Crippen LogP contribution in [0.4, 0.5) is 17.6 Å². The molecule has 0 amide bonds. The Labute approximate surface area is 116 Å². The molecule has 5 nitrogen and oxygen atoms in total. The topological polar surface area (TPSA) is 67.9 Å². The highest BCUT2D eigenvalue weighted by molar-refractivity contribution is 6.28. The van der Waals surface area contributed by atoms with Gasteiger partial charge in [-0.05, 0) is 42.5 Å². The molecule has 0 unspecified atom stereocenters. The van der Waals surface area contributed by atoms with Gasteiger partial charge in [-0.3, -0.25) is 0 Å². The Kier molecular flexibility index (Phi) is 3.21. The Morgan fingerprint density at radius 2 is 1.95 bits per heavy atom. The molecule has 0 fully saturated rings. The van der Waals surface area contributed by atoms with Gasteiger partial charge in [0.1, 0.15) is 0 Å². The Bertz CT molecular complexity index is 581. The van der Waals surface area contributed by atoms with Crippen molar-refractivity contribution in [2.45, 2.75) is 19.3 Å². The monoisotopic (exact) mass is 275 g/mol. The predicted octanol–water partition coefficient (Wildman–Crippen LogP) is 2.58. The highest BCUT2D eigenvalue weighted by Gasteiger charge is 2.19. The Morgan fingerprint density at radius 1 is 1.11 bits per heavy atom. The molecule has 1 aromatic heterocycles. The molecule has 1 aliphatic heterocycles. The van der Waals surface area contributed by atoms with Crippen LogP contribution in [-0.2, 0) is 6.42 Å². The molecule has 19 heavy (non-hydrogen) atoms. The number of nitrogen functional groups attached to an aromatic ring is 1. The molecule has 98 valence electrons. The normalized spacial score (nSPS) is 14.9. The summed E-state index contributed by atoms with van der Waals surface area (Å²) in [6, 6.07) is 8.29. The lowest BCUT2D eigenvalue weighted by atomic mass is 10.1. The standard InChI is InChI=1S/C13H14ClN5/c14-11-16-12(15)18-13(17-11)19-8-4-3-6-9-5-1-2-7-10(9)19/h1-2,5,7H,3-4,6,8H2,(H2,15,16,17,18). The van der Waals surface area contributed by atoms with Crippen molar-refractivity contribution >= 4 is 29.2 Å². The maximum atomic E-state index is 5.87. The van der Waals surface area contributed by atoms with Gasteiger partial charge < -0.3 is 10.6 Å². The second-order valence-corrected chi connectivity index (χ2v) is 4.84. The fourth-order valence-electron chi connectivity index (χ4n) is 2.37. The van der Waals surface area contributed by atoms with Crippen LogP contribution < -0.4 is 10.6 Å². The number of anilines is 3. The summed E-state index contributed by atoms with van der Waals surface area (Å²) in [5, 5.41) is 0.129. The van der Waals surface area contributed by atoms with Crippen molar-refractivity contribution in [2.24, 2.45) is 0 Å². The third-order valence-electron chi connectivity index (χ3n) is 3.22. The van der Waals surface area contributed by atoms with Crippen LogP contribution in [0.2, 0.25) is 5.28 Å². The third-order valence-corrected chi connectivity index (χ3v) is 3.38. The van der Waals surface area contributed by atoms with Crippen LogP contribution >= 0.6 is 11.6 Å². The smallest absolute Gasteiger partial charge is 0.236 e. The Balaban J connectivity index is 2.09. The molecule has 1 aromatic carbocycles. The number of aryl methyl sites for hydroxylation is 1.